The van der Waals surface area contributed by atoms with Crippen LogP contribution in [-0.2, 0) is 10.8 Å². The van der Waals surface area contributed by atoms with Crippen molar-refractivity contribution < 1.29 is 8.95 Å². The first kappa shape index (κ1) is 15.2. The molecule has 0 bridgehead atoms. The molecule has 0 saturated carbocycles. The number of rotatable bonds is 1. The lowest BCUT2D eigenvalue weighted by Gasteiger charge is -2.19. The Labute approximate surface area is 140 Å². The van der Waals surface area contributed by atoms with Gasteiger partial charge >= 0.3 is 3.98 Å². The van der Waals surface area contributed by atoms with Crippen molar-refractivity contribution in [3.63, 3.8) is 0 Å². The van der Waals surface area contributed by atoms with Crippen LogP contribution in [0.1, 0.15) is 12.0 Å². The van der Waals surface area contributed by atoms with E-state index >= 15 is 0 Å². The monoisotopic (exact) mass is 360 g/mol. The second kappa shape index (κ2) is 5.81. The molecule has 2 nitrogen and oxygen atoms in total. The maximum atomic E-state index is 12.8. The number of alkyl halides is 3. The SMILES string of the molecule is O=S1c2cc(OC(Cl)(Cl)Cl)ccc2C=CC2=CC=CCC21. The normalized spacial score (nSPS) is 23.9. The van der Waals surface area contributed by atoms with Crippen molar-refractivity contribution in [2.45, 2.75) is 20.5 Å². The Morgan fingerprint density at radius 2 is 2.05 bits per heavy atom. The molecule has 1 aliphatic carbocycles. The molecule has 0 saturated heterocycles. The van der Waals surface area contributed by atoms with Crippen molar-refractivity contribution in [1.82, 2.24) is 0 Å². The summed E-state index contributed by atoms with van der Waals surface area (Å²) in [5.74, 6) is 0.384. The molecule has 1 aliphatic heterocycles. The number of benzene rings is 1. The molecule has 2 aliphatic rings. The van der Waals surface area contributed by atoms with Crippen LogP contribution in [0.2, 0.25) is 0 Å². The highest BCUT2D eigenvalue weighted by Crippen LogP contribution is 2.35. The average molecular weight is 362 g/mol. The first-order valence-corrected chi connectivity index (χ1v) is 8.64. The molecule has 0 aromatic heterocycles. The lowest BCUT2D eigenvalue weighted by atomic mass is 10.0. The summed E-state index contributed by atoms with van der Waals surface area (Å²) in [5, 5.41) is -0.0458. The van der Waals surface area contributed by atoms with Crippen LogP contribution in [-0.4, -0.2) is 13.4 Å². The zero-order valence-electron chi connectivity index (χ0n) is 10.8. The van der Waals surface area contributed by atoms with Crippen molar-refractivity contribution in [2.24, 2.45) is 0 Å². The van der Waals surface area contributed by atoms with E-state index in [1.54, 1.807) is 12.1 Å². The third kappa shape index (κ3) is 3.37. The predicted molar refractivity (Wildman–Crippen MR) is 88.4 cm³/mol. The topological polar surface area (TPSA) is 26.3 Å². The van der Waals surface area contributed by atoms with E-state index in [4.69, 9.17) is 39.5 Å². The van der Waals surface area contributed by atoms with Gasteiger partial charge in [-0.05, 0) is 64.5 Å². The molecule has 21 heavy (non-hydrogen) atoms. The van der Waals surface area contributed by atoms with Crippen LogP contribution in [0.3, 0.4) is 0 Å². The van der Waals surface area contributed by atoms with E-state index in [1.807, 2.05) is 36.4 Å². The van der Waals surface area contributed by atoms with E-state index in [2.05, 4.69) is 0 Å². The number of hydrogen-bond donors (Lipinski definition) is 0. The van der Waals surface area contributed by atoms with E-state index in [9.17, 15) is 4.21 Å². The van der Waals surface area contributed by atoms with Gasteiger partial charge in [0.25, 0.3) is 0 Å². The quantitative estimate of drug-likeness (QED) is 0.673. The zero-order valence-corrected chi connectivity index (χ0v) is 13.8. The fourth-order valence-electron chi connectivity index (χ4n) is 2.36. The highest BCUT2D eigenvalue weighted by atomic mass is 35.6. The van der Waals surface area contributed by atoms with Gasteiger partial charge in [0.2, 0.25) is 0 Å². The second-order valence-electron chi connectivity index (χ2n) is 4.70. The van der Waals surface area contributed by atoms with Crippen LogP contribution in [0.15, 0.2) is 53.0 Å². The first-order chi connectivity index (χ1) is 9.94. The van der Waals surface area contributed by atoms with Crippen molar-refractivity contribution in [3.05, 3.63) is 53.6 Å². The largest absolute Gasteiger partial charge is 0.446 e. The summed E-state index contributed by atoms with van der Waals surface area (Å²) in [7, 11) is -1.18. The Morgan fingerprint density at radius 3 is 2.81 bits per heavy atom. The molecule has 3 rings (SSSR count). The van der Waals surface area contributed by atoms with Gasteiger partial charge in [0.05, 0.1) is 20.9 Å². The lowest BCUT2D eigenvalue weighted by Crippen LogP contribution is -2.18. The Hall–Kier alpha value is -0.740. The fourth-order valence-corrected chi connectivity index (χ4v) is 4.23. The van der Waals surface area contributed by atoms with Crippen molar-refractivity contribution in [3.8, 4) is 5.75 Å². The van der Waals surface area contributed by atoms with Gasteiger partial charge in [-0.3, -0.25) is 4.21 Å². The number of fused-ring (bicyclic) bond motifs is 2. The molecular formula is C15H11Cl3O2S. The first-order valence-electron chi connectivity index (χ1n) is 6.29. The molecule has 0 N–H and O–H groups in total. The fraction of sp³-hybridized carbons (Fsp3) is 0.200. The van der Waals surface area contributed by atoms with E-state index in [1.165, 1.54) is 0 Å². The van der Waals surface area contributed by atoms with E-state index in [-0.39, 0.29) is 5.25 Å². The highest BCUT2D eigenvalue weighted by Gasteiger charge is 2.27. The molecule has 1 aromatic rings. The van der Waals surface area contributed by atoms with Gasteiger partial charge < -0.3 is 4.74 Å². The Kier molecular flexibility index (Phi) is 4.19. The number of halogens is 3. The van der Waals surface area contributed by atoms with Gasteiger partial charge in [0, 0.05) is 0 Å². The van der Waals surface area contributed by atoms with E-state index < -0.39 is 14.8 Å². The van der Waals surface area contributed by atoms with Gasteiger partial charge in [0.1, 0.15) is 5.75 Å². The number of allylic oxidation sites excluding steroid dienone is 4. The van der Waals surface area contributed by atoms with E-state index in [0.29, 0.717) is 10.6 Å². The Balaban J connectivity index is 2.01. The zero-order chi connectivity index (χ0) is 15.0. The number of hydrogen-bond acceptors (Lipinski definition) is 2. The van der Waals surface area contributed by atoms with Crippen LogP contribution in [0.25, 0.3) is 6.08 Å². The van der Waals surface area contributed by atoms with Gasteiger partial charge in [-0.15, -0.1) is 0 Å². The van der Waals surface area contributed by atoms with E-state index in [0.717, 1.165) is 17.6 Å². The van der Waals surface area contributed by atoms with Crippen LogP contribution < -0.4 is 4.74 Å². The molecule has 0 spiro atoms. The number of ether oxygens (including phenoxy) is 1. The Morgan fingerprint density at radius 1 is 1.24 bits per heavy atom. The molecular weight excluding hydrogens is 351 g/mol. The lowest BCUT2D eigenvalue weighted by molar-refractivity contribution is 0.319. The third-order valence-electron chi connectivity index (χ3n) is 3.30. The summed E-state index contributed by atoms with van der Waals surface area (Å²) in [6, 6.07) is 5.20. The highest BCUT2D eigenvalue weighted by molar-refractivity contribution is 7.86. The van der Waals surface area contributed by atoms with Crippen LogP contribution in [0.4, 0.5) is 0 Å². The van der Waals surface area contributed by atoms with Crippen molar-refractivity contribution in [1.29, 1.82) is 0 Å². The van der Waals surface area contributed by atoms with Crippen LogP contribution in [0, 0.1) is 0 Å². The standard InChI is InChI=1S/C15H11Cl3O2S/c16-15(17,18)20-12-8-7-11-6-5-10-3-1-2-4-13(10)21(19)14(11)9-12/h1-3,5-9,13H,4H2. The van der Waals surface area contributed by atoms with Crippen molar-refractivity contribution >= 4 is 51.7 Å². The molecule has 1 heterocycles. The van der Waals surface area contributed by atoms with Crippen LogP contribution >= 0.6 is 34.8 Å². The van der Waals surface area contributed by atoms with Gasteiger partial charge in [0.15, 0.2) is 0 Å². The molecule has 6 heteroatoms. The Bertz CT molecular complexity index is 687. The van der Waals surface area contributed by atoms with Crippen LogP contribution in [0.5, 0.6) is 5.75 Å². The molecule has 2 atom stereocenters. The molecule has 1 aromatic carbocycles. The summed E-state index contributed by atoms with van der Waals surface area (Å²) in [6.07, 6.45) is 10.7. The summed E-state index contributed by atoms with van der Waals surface area (Å²) < 4.78 is 16.2. The maximum Gasteiger partial charge on any atom is 0.338 e. The smallest absolute Gasteiger partial charge is 0.338 e. The molecule has 2 unspecified atom stereocenters. The molecule has 0 amide bonds. The van der Waals surface area contributed by atoms with Gasteiger partial charge in [-0.25, -0.2) is 0 Å². The maximum absolute atomic E-state index is 12.8. The second-order valence-corrected chi connectivity index (χ2v) is 8.48. The minimum Gasteiger partial charge on any atom is -0.446 e. The predicted octanol–water partition coefficient (Wildman–Crippen LogP) is 4.78. The van der Waals surface area contributed by atoms with Crippen molar-refractivity contribution in [2.75, 3.05) is 0 Å². The summed E-state index contributed by atoms with van der Waals surface area (Å²) in [5.41, 5.74) is 1.95. The third-order valence-corrected chi connectivity index (χ3v) is 5.30. The summed E-state index contributed by atoms with van der Waals surface area (Å²) >= 11 is 16.9. The molecule has 0 fully saturated rings. The molecule has 0 radical (unpaired) electrons. The summed E-state index contributed by atoms with van der Waals surface area (Å²) in [6.45, 7) is 0. The minimum absolute atomic E-state index is 0.0458. The summed E-state index contributed by atoms with van der Waals surface area (Å²) in [4.78, 5) is 0.696. The van der Waals surface area contributed by atoms with Gasteiger partial charge in [-0.2, -0.15) is 0 Å². The van der Waals surface area contributed by atoms with Gasteiger partial charge in [-0.1, -0.05) is 36.4 Å². The average Bonchev–Trinajstić information content (AvgIpc) is 2.56. The minimum atomic E-state index is -1.84. The molecule has 110 valence electrons.